The van der Waals surface area contributed by atoms with E-state index >= 15 is 0 Å². The Morgan fingerprint density at radius 3 is 2.46 bits per heavy atom. The van der Waals surface area contributed by atoms with Gasteiger partial charge in [-0.15, -0.1) is 11.3 Å². The molecule has 1 aromatic carbocycles. The van der Waals surface area contributed by atoms with Crippen molar-refractivity contribution in [1.82, 2.24) is 14.0 Å². The second-order valence-electron chi connectivity index (χ2n) is 8.20. The Morgan fingerprint density at radius 1 is 1.09 bits per heavy atom. The van der Waals surface area contributed by atoms with Crippen LogP contribution in [-0.4, -0.2) is 52.2 Å². The van der Waals surface area contributed by atoms with Crippen molar-refractivity contribution in [3.8, 4) is 10.4 Å². The van der Waals surface area contributed by atoms with Gasteiger partial charge in [0.05, 0.1) is 24.3 Å². The molecule has 3 heterocycles. The number of nitrogens with zero attached hydrogens (tertiary/aromatic N) is 3. The number of morpholine rings is 1. The molecule has 1 aliphatic rings. The molecular weight excluding hydrogens is 468 g/mol. The monoisotopic (exact) mass is 494 g/mol. The summed E-state index contributed by atoms with van der Waals surface area (Å²) in [5.74, 6) is -0.645. The van der Waals surface area contributed by atoms with Crippen molar-refractivity contribution in [3.63, 3.8) is 0 Å². The summed E-state index contributed by atoms with van der Waals surface area (Å²) in [6.45, 7) is 3.79. The molecule has 3 aromatic rings. The number of ether oxygens (including phenoxy) is 1. The zero-order valence-corrected chi connectivity index (χ0v) is 20.6. The number of aromatic nitrogens is 2. The molecule has 2 amide bonds. The number of aryl methyl sites for hydroxylation is 1. The van der Waals surface area contributed by atoms with Gasteiger partial charge in [0.15, 0.2) is 0 Å². The van der Waals surface area contributed by atoms with Crippen LogP contribution < -0.4 is 16.6 Å². The van der Waals surface area contributed by atoms with Crippen LogP contribution in [-0.2, 0) is 23.6 Å². The summed E-state index contributed by atoms with van der Waals surface area (Å²) in [5.41, 5.74) is 1.45. The molecule has 0 saturated carbocycles. The molecule has 4 rings (SSSR count). The Bertz CT molecular complexity index is 1410. The number of benzene rings is 1. The van der Waals surface area contributed by atoms with Crippen LogP contribution in [0.15, 0.2) is 52.2 Å². The van der Waals surface area contributed by atoms with Gasteiger partial charge in [-0.2, -0.15) is 0 Å². The second kappa shape index (κ2) is 10.2. The van der Waals surface area contributed by atoms with Crippen molar-refractivity contribution in [2.24, 2.45) is 14.1 Å². The molecule has 1 aliphatic heterocycles. The highest BCUT2D eigenvalue weighted by Gasteiger charge is 2.27. The lowest BCUT2D eigenvalue weighted by molar-refractivity contribution is -0.111. The van der Waals surface area contributed by atoms with Gasteiger partial charge in [0.25, 0.3) is 11.5 Å². The Morgan fingerprint density at radius 2 is 1.77 bits per heavy atom. The molecule has 0 aliphatic carbocycles. The second-order valence-corrected chi connectivity index (χ2v) is 9.22. The minimum atomic E-state index is -0.501. The van der Waals surface area contributed by atoms with Gasteiger partial charge < -0.3 is 19.5 Å². The number of carbonyl (C=O) groups excluding carboxylic acids is 2. The Balaban J connectivity index is 1.67. The normalized spacial score (nSPS) is 13.9. The average Bonchev–Trinajstić information content (AvgIpc) is 3.20. The molecule has 0 bridgehead atoms. The van der Waals surface area contributed by atoms with Gasteiger partial charge in [-0.3, -0.25) is 19.0 Å². The van der Waals surface area contributed by atoms with Crippen LogP contribution in [0.1, 0.15) is 21.5 Å². The fourth-order valence-electron chi connectivity index (χ4n) is 3.92. The molecule has 2 aromatic heterocycles. The molecule has 1 saturated heterocycles. The molecule has 0 radical (unpaired) electrons. The van der Waals surface area contributed by atoms with E-state index in [2.05, 4.69) is 5.32 Å². The number of carbonyl (C=O) groups is 2. The Labute approximate surface area is 205 Å². The van der Waals surface area contributed by atoms with Gasteiger partial charge >= 0.3 is 5.69 Å². The molecule has 0 unspecified atom stereocenters. The predicted octanol–water partition coefficient (Wildman–Crippen LogP) is 2.25. The zero-order valence-electron chi connectivity index (χ0n) is 19.7. The maximum absolute atomic E-state index is 13.4. The molecule has 0 spiro atoms. The van der Waals surface area contributed by atoms with Crippen molar-refractivity contribution in [3.05, 3.63) is 80.1 Å². The summed E-state index contributed by atoms with van der Waals surface area (Å²) in [6.07, 6.45) is 3.96. The highest BCUT2D eigenvalue weighted by atomic mass is 32.1. The summed E-state index contributed by atoms with van der Waals surface area (Å²) in [6, 6.07) is 9.69. The summed E-state index contributed by atoms with van der Waals surface area (Å²) in [7, 11) is 2.91. The lowest BCUT2D eigenvalue weighted by atomic mass is 10.1. The van der Waals surface area contributed by atoms with E-state index in [9.17, 15) is 19.2 Å². The van der Waals surface area contributed by atoms with Gasteiger partial charge in [0, 0.05) is 44.3 Å². The third kappa shape index (κ3) is 5.03. The Hall–Kier alpha value is -3.76. The number of hydrogen-bond donors (Lipinski definition) is 1. The quantitative estimate of drug-likeness (QED) is 0.548. The standard InChI is InChI=1S/C25H26N4O5S/c1-16-20(24(32)29-11-13-34-14-12-29)22(35-21(16)17-7-5-4-6-8-17)26-19(30)10-9-18-15-27(2)25(33)28(3)23(18)31/h4-10,15H,11-14H2,1-3H3,(H,26,30)/b10-9+. The minimum Gasteiger partial charge on any atom is -0.378 e. The average molecular weight is 495 g/mol. The van der Waals surface area contributed by atoms with E-state index in [0.717, 1.165) is 20.6 Å². The number of thiophene rings is 1. The van der Waals surface area contributed by atoms with Crippen LogP contribution in [0.3, 0.4) is 0 Å². The fourth-order valence-corrected chi connectivity index (χ4v) is 5.13. The molecule has 35 heavy (non-hydrogen) atoms. The molecule has 0 atom stereocenters. The Kier molecular flexibility index (Phi) is 7.13. The van der Waals surface area contributed by atoms with E-state index in [0.29, 0.717) is 36.9 Å². The van der Waals surface area contributed by atoms with Gasteiger partial charge in [0.2, 0.25) is 5.91 Å². The number of nitrogens with one attached hydrogen (secondary N) is 1. The SMILES string of the molecule is Cc1c(-c2ccccc2)sc(NC(=O)/C=C/c2cn(C)c(=O)n(C)c2=O)c1C(=O)N1CCOCC1. The van der Waals surface area contributed by atoms with E-state index in [4.69, 9.17) is 4.74 Å². The molecule has 10 heteroatoms. The van der Waals surface area contributed by atoms with Crippen molar-refractivity contribution in [2.75, 3.05) is 31.6 Å². The smallest absolute Gasteiger partial charge is 0.330 e. The summed E-state index contributed by atoms with van der Waals surface area (Å²) in [4.78, 5) is 53.1. The molecule has 182 valence electrons. The first-order valence-corrected chi connectivity index (χ1v) is 11.9. The highest BCUT2D eigenvalue weighted by molar-refractivity contribution is 7.20. The van der Waals surface area contributed by atoms with Crippen molar-refractivity contribution >= 4 is 34.2 Å². The number of anilines is 1. The van der Waals surface area contributed by atoms with Crippen LogP contribution in [0.25, 0.3) is 16.5 Å². The maximum atomic E-state index is 13.4. The first-order chi connectivity index (χ1) is 16.8. The van der Waals surface area contributed by atoms with Gasteiger partial charge in [-0.25, -0.2) is 4.79 Å². The van der Waals surface area contributed by atoms with Crippen molar-refractivity contribution < 1.29 is 14.3 Å². The molecular formula is C25H26N4O5S. The topological polar surface area (TPSA) is 103 Å². The summed E-state index contributed by atoms with van der Waals surface area (Å²) >= 11 is 1.34. The van der Waals surface area contributed by atoms with Crippen molar-refractivity contribution in [1.29, 1.82) is 0 Å². The number of rotatable bonds is 5. The summed E-state index contributed by atoms with van der Waals surface area (Å²) in [5, 5.41) is 3.27. The number of amides is 2. The van der Waals surface area contributed by atoms with Gasteiger partial charge in [-0.05, 0) is 24.1 Å². The van der Waals surface area contributed by atoms with E-state index in [-0.39, 0.29) is 11.5 Å². The molecule has 9 nitrogen and oxygen atoms in total. The first-order valence-electron chi connectivity index (χ1n) is 11.1. The third-order valence-corrected chi connectivity index (χ3v) is 7.08. The third-order valence-electron chi connectivity index (χ3n) is 5.82. The first kappa shape index (κ1) is 24.4. The van der Waals surface area contributed by atoms with Crippen LogP contribution in [0.5, 0.6) is 0 Å². The molecule has 1 fully saturated rings. The van der Waals surface area contributed by atoms with Gasteiger partial charge in [-0.1, -0.05) is 30.3 Å². The van der Waals surface area contributed by atoms with Crippen LogP contribution in [0.4, 0.5) is 5.00 Å². The molecule has 1 N–H and O–H groups in total. The van der Waals surface area contributed by atoms with Crippen molar-refractivity contribution in [2.45, 2.75) is 6.92 Å². The minimum absolute atomic E-state index is 0.157. The van der Waals surface area contributed by atoms with Crippen LogP contribution >= 0.6 is 11.3 Å². The highest BCUT2D eigenvalue weighted by Crippen LogP contribution is 2.40. The summed E-state index contributed by atoms with van der Waals surface area (Å²) < 4.78 is 7.62. The largest absolute Gasteiger partial charge is 0.378 e. The number of hydrogen-bond acceptors (Lipinski definition) is 6. The predicted molar refractivity (Wildman–Crippen MR) is 136 cm³/mol. The fraction of sp³-hybridized carbons (Fsp3) is 0.280. The van der Waals surface area contributed by atoms with E-state index in [1.807, 2.05) is 37.3 Å². The zero-order chi connectivity index (χ0) is 25.1. The van der Waals surface area contributed by atoms with E-state index in [1.54, 1.807) is 4.90 Å². The van der Waals surface area contributed by atoms with Crippen LogP contribution in [0.2, 0.25) is 0 Å². The lowest BCUT2D eigenvalue weighted by Gasteiger charge is -2.27. The van der Waals surface area contributed by atoms with Crippen LogP contribution in [0, 0.1) is 6.92 Å². The van der Waals surface area contributed by atoms with E-state index in [1.165, 1.54) is 48.3 Å². The van der Waals surface area contributed by atoms with E-state index < -0.39 is 17.2 Å². The van der Waals surface area contributed by atoms with Gasteiger partial charge in [0.1, 0.15) is 5.00 Å². The lowest BCUT2D eigenvalue weighted by Crippen LogP contribution is -2.41. The maximum Gasteiger partial charge on any atom is 0.330 e.